The summed E-state index contributed by atoms with van der Waals surface area (Å²) in [6.07, 6.45) is 0. The Morgan fingerprint density at radius 2 is 0.497 bits per heavy atom. The molecule has 0 amide bonds. The van der Waals surface area contributed by atoms with Crippen LogP contribution in [0.3, 0.4) is 0 Å². The van der Waals surface area contributed by atoms with Crippen molar-refractivity contribution in [2.24, 2.45) is 0 Å². The van der Waals surface area contributed by atoms with Gasteiger partial charge >= 0.3 is 0 Å². The number of aryl methyl sites for hydroxylation is 1. The summed E-state index contributed by atoms with van der Waals surface area (Å²) in [6, 6.07) is 168. The summed E-state index contributed by atoms with van der Waals surface area (Å²) in [6.45, 7) is 26.0. The molecule has 12 nitrogen and oxygen atoms in total. The van der Waals surface area contributed by atoms with Crippen LogP contribution < -0.4 is 0 Å². The van der Waals surface area contributed by atoms with E-state index in [1.54, 1.807) is 0 Å². The molecule has 672 valence electrons. The second-order valence-corrected chi connectivity index (χ2v) is 36.4. The average molecular weight is 1850 g/mol. The number of aromatic nitrogens is 6. The maximum absolute atomic E-state index is 10.5. The third-order valence-corrected chi connectivity index (χ3v) is 28.4. The lowest BCUT2D eigenvalue weighted by molar-refractivity contribution is 1.16. The second kappa shape index (κ2) is 35.7. The van der Waals surface area contributed by atoms with Gasteiger partial charge in [-0.3, -0.25) is 0 Å². The van der Waals surface area contributed by atoms with Gasteiger partial charge in [0.15, 0.2) is 11.4 Å². The minimum absolute atomic E-state index is 0.556. The Morgan fingerprint density at radius 1 is 0.193 bits per heavy atom. The van der Waals surface area contributed by atoms with E-state index >= 15 is 0 Å². The first-order valence-corrected chi connectivity index (χ1v) is 48.0. The Bertz CT molecular complexity index is 10200. The van der Waals surface area contributed by atoms with Gasteiger partial charge in [-0.2, -0.15) is 15.8 Å². The number of nitriles is 3. The number of benzene rings is 21. The highest BCUT2D eigenvalue weighted by molar-refractivity contribution is 6.17. The fourth-order valence-corrected chi connectivity index (χ4v) is 22.1. The molecular weight excluding hydrogens is 1770 g/mol. The zero-order valence-corrected chi connectivity index (χ0v) is 78.3. The van der Waals surface area contributed by atoms with Gasteiger partial charge in [-0.15, -0.1) is 0 Å². The smallest absolute Gasteiger partial charge is 0.211 e. The Hall–Kier alpha value is -20.6. The van der Waals surface area contributed by atoms with E-state index in [2.05, 4.69) is 401 Å². The van der Waals surface area contributed by atoms with Crippen molar-refractivity contribution in [1.29, 1.82) is 15.8 Å². The van der Waals surface area contributed by atoms with E-state index in [9.17, 15) is 15.8 Å². The molecule has 0 N–H and O–H groups in total. The molecule has 27 aromatic rings. The van der Waals surface area contributed by atoms with E-state index in [-0.39, 0.29) is 0 Å². The van der Waals surface area contributed by atoms with E-state index < -0.39 is 0 Å². The summed E-state index contributed by atoms with van der Waals surface area (Å²) in [5.41, 5.74) is 35.5. The summed E-state index contributed by atoms with van der Waals surface area (Å²) in [7, 11) is 0. The molecule has 12 heteroatoms. The van der Waals surface area contributed by atoms with Gasteiger partial charge in [0.05, 0.1) is 143 Å². The quantitative estimate of drug-likeness (QED) is 0.114. The molecule has 0 saturated heterocycles. The molecule has 0 atom stereocenters. The molecule has 0 aliphatic carbocycles. The highest BCUT2D eigenvalue weighted by Gasteiger charge is 2.29. The van der Waals surface area contributed by atoms with Gasteiger partial charge in [0.1, 0.15) is 12.1 Å². The molecule has 21 aromatic carbocycles. The number of hydrogen-bond donors (Lipinski definition) is 0. The number of para-hydroxylation sites is 11. The molecule has 0 unspecified atom stereocenters. The zero-order chi connectivity index (χ0) is 97.4. The molecule has 0 spiro atoms. The predicted molar refractivity (Wildman–Crippen MR) is 596 cm³/mol. The molecule has 6 aromatic heterocycles. The van der Waals surface area contributed by atoms with Crippen LogP contribution in [0.25, 0.3) is 246 Å². The lowest BCUT2D eigenvalue weighted by Gasteiger charge is -2.20. The molecule has 27 rings (SSSR count). The molecule has 0 fully saturated rings. The van der Waals surface area contributed by atoms with Crippen LogP contribution in [0.4, 0.5) is 17.1 Å². The number of hydrogen-bond acceptors (Lipinski definition) is 3. The summed E-state index contributed by atoms with van der Waals surface area (Å²) in [4.78, 5) is 11.6. The minimum atomic E-state index is 0.556. The first-order chi connectivity index (χ1) is 71.6. The predicted octanol–water partition coefficient (Wildman–Crippen LogP) is 35.2. The van der Waals surface area contributed by atoms with E-state index in [0.717, 1.165) is 205 Å². The Balaban J connectivity index is 0.000000114. The van der Waals surface area contributed by atoms with Crippen molar-refractivity contribution in [2.75, 3.05) is 0 Å². The van der Waals surface area contributed by atoms with Crippen molar-refractivity contribution in [1.82, 2.24) is 27.4 Å². The van der Waals surface area contributed by atoms with Crippen molar-refractivity contribution in [2.45, 2.75) is 6.92 Å². The maximum Gasteiger partial charge on any atom is 0.211 e. The topological polar surface area (TPSA) is 114 Å². The summed E-state index contributed by atoms with van der Waals surface area (Å²) in [5, 5.41) is 44.1. The van der Waals surface area contributed by atoms with Crippen molar-refractivity contribution in [3.63, 3.8) is 0 Å². The van der Waals surface area contributed by atoms with Crippen LogP contribution in [-0.4, -0.2) is 27.4 Å². The lowest BCUT2D eigenvalue weighted by atomic mass is 9.94. The molecule has 0 aliphatic rings. The highest BCUT2D eigenvalue weighted by atomic mass is 15.0. The zero-order valence-electron chi connectivity index (χ0n) is 78.3. The van der Waals surface area contributed by atoms with Crippen LogP contribution in [0.15, 0.2) is 467 Å². The maximum atomic E-state index is 10.5. The van der Waals surface area contributed by atoms with E-state index in [1.165, 1.54) is 32.5 Å². The van der Waals surface area contributed by atoms with Crippen LogP contribution in [0, 0.1) is 60.6 Å². The van der Waals surface area contributed by atoms with Crippen LogP contribution >= 0.6 is 0 Å². The molecule has 145 heavy (non-hydrogen) atoms. The van der Waals surface area contributed by atoms with Crippen molar-refractivity contribution < 1.29 is 0 Å². The third kappa shape index (κ3) is 14.3. The Kier molecular flexibility index (Phi) is 21.2. The lowest BCUT2D eigenvalue weighted by Crippen LogP contribution is -2.02. The van der Waals surface area contributed by atoms with Gasteiger partial charge in [0, 0.05) is 81.7 Å². The van der Waals surface area contributed by atoms with Gasteiger partial charge in [-0.05, 0) is 214 Å². The molecule has 6 heterocycles. The van der Waals surface area contributed by atoms with E-state index in [1.807, 2.05) is 133 Å². The van der Waals surface area contributed by atoms with Gasteiger partial charge in [-0.25, -0.2) is 14.5 Å². The van der Waals surface area contributed by atoms with Gasteiger partial charge in [0.25, 0.3) is 0 Å². The fourth-order valence-electron chi connectivity index (χ4n) is 22.1. The van der Waals surface area contributed by atoms with Gasteiger partial charge in [-0.1, -0.05) is 315 Å². The van der Waals surface area contributed by atoms with Gasteiger partial charge < -0.3 is 27.4 Å². The van der Waals surface area contributed by atoms with E-state index in [4.69, 9.17) is 19.7 Å². The second-order valence-electron chi connectivity index (χ2n) is 36.4. The minimum Gasteiger partial charge on any atom is -0.318 e. The SMILES string of the molecule is N#Cc1ccc2c(c1)c1ccccc1n2-c1c(C#N)cccc1-c1ccc(-n2c3ccccc3c3ccccc32)c(-c2ccccc2)c1.[C-]#[N+]c1ccc2c(c1)c1ccccc1n2-c1c([N+]#[C-])cc(-c2ccccc2-n2c3ccccc3c3ccccc32)cc1-c1ccccc1.[C-]#[N+]c1ccc2c(c1)c1ccccc1n2-c1ccc(-c2cccc(C#N)c2-n2c3ccccc3c3cc(C)ccc32)cc1-c1ccccc1. The fraction of sp³-hybridized carbons (Fsp3) is 0.00752. The Morgan fingerprint density at radius 3 is 0.890 bits per heavy atom. The Labute approximate surface area is 834 Å². The first kappa shape index (κ1) is 86.0. The number of rotatable bonds is 12. The van der Waals surface area contributed by atoms with Crippen LogP contribution in [0.1, 0.15) is 22.3 Å². The largest absolute Gasteiger partial charge is 0.318 e. The highest BCUT2D eigenvalue weighted by Crippen LogP contribution is 2.50. The number of fused-ring (bicyclic) bond motifs is 18. The third-order valence-electron chi connectivity index (χ3n) is 28.4. The summed E-state index contributed by atoms with van der Waals surface area (Å²) >= 11 is 0. The first-order valence-electron chi connectivity index (χ1n) is 48.0. The molecule has 0 aliphatic heterocycles. The van der Waals surface area contributed by atoms with Gasteiger partial charge in [0.2, 0.25) is 5.69 Å². The van der Waals surface area contributed by atoms with Crippen molar-refractivity contribution in [3.05, 3.63) is 524 Å². The van der Waals surface area contributed by atoms with Crippen molar-refractivity contribution in [3.8, 4) is 119 Å². The van der Waals surface area contributed by atoms with Crippen molar-refractivity contribution >= 4 is 148 Å². The molecule has 0 radical (unpaired) electrons. The molecular formula is C133H80N12. The number of nitrogens with zero attached hydrogens (tertiary/aromatic N) is 12. The normalized spacial score (nSPS) is 11.3. The average Bonchev–Trinajstić information content (AvgIpc) is 1.58. The van der Waals surface area contributed by atoms with Crippen LogP contribution in [0.2, 0.25) is 0 Å². The monoisotopic (exact) mass is 1840 g/mol. The standard InChI is InChI=1S/C45H28N4.2C44H26N4/c1-29-19-22-44-38(25-29)35-14-7-9-18-41(35)49(44)45-32(28-46)13-10-16-34(45)31-20-23-42(37(26-31)30-11-4-3-5-12-30)48-40-17-8-6-15-36(40)39-27-33(47-2)21-24-43(39)48;1-45-31-24-25-43-37(28-31)35-19-9-13-23-42(35)48(43)44-36(29-14-4-3-5-15-29)26-30(27-38(44)46-2)32-16-6-10-20-39(32)47-40-21-11-7-17-33(40)34-18-8-12-22-41(34)47;45-27-29-21-23-43-38(25-29)36-16-6-9-20-41(36)48(43)44-32(28-46)13-10-17-33(44)31-22-24-42(37(26-31)30-11-2-1-3-12-30)47-39-18-7-4-14-34(39)35-15-5-8-19-40(35)47/h3-27H,1H3;3-28H;1-26H. The molecule has 0 bridgehead atoms. The van der Waals surface area contributed by atoms with Crippen LogP contribution in [-0.2, 0) is 0 Å². The summed E-state index contributed by atoms with van der Waals surface area (Å²) < 4.78 is 13.7. The van der Waals surface area contributed by atoms with Crippen LogP contribution in [0.5, 0.6) is 0 Å². The van der Waals surface area contributed by atoms with E-state index in [0.29, 0.717) is 33.8 Å². The summed E-state index contributed by atoms with van der Waals surface area (Å²) in [5.74, 6) is 0. The molecule has 0 saturated carbocycles.